The summed E-state index contributed by atoms with van der Waals surface area (Å²) in [6, 6.07) is 4.86. The molecule has 0 radical (unpaired) electrons. The molecule has 22 heavy (non-hydrogen) atoms. The average Bonchev–Trinajstić information content (AvgIpc) is 2.98. The van der Waals surface area contributed by atoms with Gasteiger partial charge in [0, 0.05) is 13.6 Å². The van der Waals surface area contributed by atoms with E-state index in [1.54, 1.807) is 25.2 Å². The Morgan fingerprint density at radius 3 is 2.77 bits per heavy atom. The minimum Gasteiger partial charge on any atom is -0.271 e. The number of rotatable bonds is 7. The van der Waals surface area contributed by atoms with E-state index in [0.29, 0.717) is 22.9 Å². The lowest BCUT2D eigenvalue weighted by molar-refractivity contribution is 0.463. The number of nitrogens with one attached hydrogen (secondary N) is 1. The zero-order chi connectivity index (χ0) is 16.2. The van der Waals surface area contributed by atoms with Crippen LogP contribution in [0.2, 0.25) is 5.02 Å². The first-order valence-electron chi connectivity index (χ1n) is 6.82. The Kier molecular flexibility index (Phi) is 5.38. The normalized spacial score (nSPS) is 11.8. The van der Waals surface area contributed by atoms with Crippen molar-refractivity contribution in [1.82, 2.24) is 19.1 Å². The van der Waals surface area contributed by atoms with Crippen LogP contribution in [0.15, 0.2) is 30.9 Å². The minimum atomic E-state index is -3.58. The Hall–Kier alpha value is -1.64. The number of hydrogen-bond acceptors (Lipinski definition) is 4. The Balaban J connectivity index is 2.15. The van der Waals surface area contributed by atoms with Gasteiger partial charge >= 0.3 is 10.2 Å². The molecule has 1 aromatic carbocycles. The van der Waals surface area contributed by atoms with Crippen LogP contribution in [0.1, 0.15) is 19.8 Å². The van der Waals surface area contributed by atoms with Crippen molar-refractivity contribution < 1.29 is 8.42 Å². The average molecular weight is 344 g/mol. The molecule has 0 bridgehead atoms. The van der Waals surface area contributed by atoms with E-state index in [4.69, 9.17) is 11.6 Å². The van der Waals surface area contributed by atoms with Crippen LogP contribution >= 0.6 is 11.6 Å². The first-order chi connectivity index (χ1) is 10.4. The van der Waals surface area contributed by atoms with Crippen LogP contribution in [0.5, 0.6) is 0 Å². The summed E-state index contributed by atoms with van der Waals surface area (Å²) in [5, 5.41) is 4.36. The van der Waals surface area contributed by atoms with Crippen molar-refractivity contribution >= 4 is 27.5 Å². The third-order valence-electron chi connectivity index (χ3n) is 3.10. The van der Waals surface area contributed by atoms with Crippen LogP contribution in [-0.4, -0.2) is 41.1 Å². The van der Waals surface area contributed by atoms with Crippen LogP contribution in [0, 0.1) is 0 Å². The highest BCUT2D eigenvalue weighted by Gasteiger charge is 2.17. The quantitative estimate of drug-likeness (QED) is 0.836. The molecule has 0 aliphatic carbocycles. The molecule has 0 unspecified atom stereocenters. The maximum atomic E-state index is 12.2. The van der Waals surface area contributed by atoms with Crippen molar-refractivity contribution in [1.29, 1.82) is 0 Å². The number of benzene rings is 1. The highest BCUT2D eigenvalue weighted by Crippen LogP contribution is 2.24. The minimum absolute atomic E-state index is 0.377. The van der Waals surface area contributed by atoms with Gasteiger partial charge in [0.05, 0.1) is 16.4 Å². The van der Waals surface area contributed by atoms with Gasteiger partial charge in [-0.1, -0.05) is 24.9 Å². The summed E-state index contributed by atoms with van der Waals surface area (Å²) in [5.74, 6) is 0. The molecule has 1 aromatic heterocycles. The van der Waals surface area contributed by atoms with Gasteiger partial charge < -0.3 is 0 Å². The molecule has 1 N–H and O–H groups in total. The SMILES string of the molecule is CCCCN(C)S(=O)(=O)Nc1ccc(-n2cncn2)c(Cl)c1. The van der Waals surface area contributed by atoms with Gasteiger partial charge in [-0.25, -0.2) is 9.67 Å². The number of nitrogens with zero attached hydrogens (tertiary/aromatic N) is 4. The summed E-state index contributed by atoms with van der Waals surface area (Å²) in [6.45, 7) is 2.48. The molecule has 120 valence electrons. The molecule has 2 aromatic rings. The Morgan fingerprint density at radius 1 is 1.41 bits per heavy atom. The van der Waals surface area contributed by atoms with Gasteiger partial charge in [0.2, 0.25) is 0 Å². The van der Waals surface area contributed by atoms with Crippen molar-refractivity contribution in [3.8, 4) is 5.69 Å². The van der Waals surface area contributed by atoms with Crippen molar-refractivity contribution in [2.75, 3.05) is 18.3 Å². The maximum Gasteiger partial charge on any atom is 0.301 e. The lowest BCUT2D eigenvalue weighted by atomic mass is 10.3. The smallest absolute Gasteiger partial charge is 0.271 e. The molecule has 2 rings (SSSR count). The van der Waals surface area contributed by atoms with E-state index >= 15 is 0 Å². The molecular weight excluding hydrogens is 326 g/mol. The largest absolute Gasteiger partial charge is 0.301 e. The monoisotopic (exact) mass is 343 g/mol. The summed E-state index contributed by atoms with van der Waals surface area (Å²) >= 11 is 6.18. The Bertz CT molecular complexity index is 718. The molecular formula is C13H18ClN5O2S. The second kappa shape index (κ2) is 7.08. The van der Waals surface area contributed by atoms with Gasteiger partial charge in [0.25, 0.3) is 0 Å². The van der Waals surface area contributed by atoms with E-state index in [0.717, 1.165) is 12.8 Å². The zero-order valence-electron chi connectivity index (χ0n) is 12.4. The van der Waals surface area contributed by atoms with Crippen molar-refractivity contribution in [3.05, 3.63) is 35.9 Å². The number of unbranched alkanes of at least 4 members (excludes halogenated alkanes) is 1. The van der Waals surface area contributed by atoms with Gasteiger partial charge in [0.1, 0.15) is 12.7 Å². The molecule has 0 saturated heterocycles. The summed E-state index contributed by atoms with van der Waals surface area (Å²) in [6.07, 6.45) is 4.65. The lowest BCUT2D eigenvalue weighted by Crippen LogP contribution is -2.33. The third-order valence-corrected chi connectivity index (χ3v) is 4.90. The van der Waals surface area contributed by atoms with Gasteiger partial charge in [-0.15, -0.1) is 0 Å². The van der Waals surface area contributed by atoms with Crippen LogP contribution in [0.4, 0.5) is 5.69 Å². The van der Waals surface area contributed by atoms with Gasteiger partial charge in [-0.05, 0) is 24.6 Å². The zero-order valence-corrected chi connectivity index (χ0v) is 14.0. The molecule has 1 heterocycles. The van der Waals surface area contributed by atoms with E-state index in [-0.39, 0.29) is 0 Å². The molecule has 0 saturated carbocycles. The summed E-state index contributed by atoms with van der Waals surface area (Å²) < 4.78 is 29.7. The molecule has 7 nitrogen and oxygen atoms in total. The first-order valence-corrected chi connectivity index (χ1v) is 8.64. The highest BCUT2D eigenvalue weighted by molar-refractivity contribution is 7.90. The standard InChI is InChI=1S/C13H18ClN5O2S/c1-3-4-7-18(2)22(20,21)17-11-5-6-13(12(14)8-11)19-10-15-9-16-19/h5-6,8-10,17H,3-4,7H2,1-2H3. The number of halogens is 1. The van der Waals surface area contributed by atoms with Gasteiger partial charge in [0.15, 0.2) is 0 Å². The molecule has 0 atom stereocenters. The van der Waals surface area contributed by atoms with Crippen LogP contribution in [0.25, 0.3) is 5.69 Å². The fourth-order valence-corrected chi connectivity index (χ4v) is 3.03. The van der Waals surface area contributed by atoms with E-state index in [9.17, 15) is 8.42 Å². The van der Waals surface area contributed by atoms with Gasteiger partial charge in [-0.3, -0.25) is 4.72 Å². The predicted octanol–water partition coefficient (Wildman–Crippen LogP) is 2.31. The topological polar surface area (TPSA) is 80.1 Å². The molecule has 0 aliphatic heterocycles. The van der Waals surface area contributed by atoms with Crippen molar-refractivity contribution in [3.63, 3.8) is 0 Å². The number of hydrogen-bond donors (Lipinski definition) is 1. The molecule has 0 spiro atoms. The fourth-order valence-electron chi connectivity index (χ4n) is 1.82. The van der Waals surface area contributed by atoms with Crippen LogP contribution in [-0.2, 0) is 10.2 Å². The molecule has 9 heteroatoms. The number of aromatic nitrogens is 3. The van der Waals surface area contributed by atoms with Gasteiger partial charge in [-0.2, -0.15) is 17.8 Å². The van der Waals surface area contributed by atoms with Crippen LogP contribution in [0.3, 0.4) is 0 Å². The van der Waals surface area contributed by atoms with Crippen LogP contribution < -0.4 is 4.72 Å². The summed E-state index contributed by atoms with van der Waals surface area (Å²) in [4.78, 5) is 3.85. The predicted molar refractivity (Wildman–Crippen MR) is 86.4 cm³/mol. The lowest BCUT2D eigenvalue weighted by Gasteiger charge is -2.18. The molecule has 0 aliphatic rings. The van der Waals surface area contributed by atoms with Crippen molar-refractivity contribution in [2.45, 2.75) is 19.8 Å². The van der Waals surface area contributed by atoms with E-state index < -0.39 is 10.2 Å². The highest BCUT2D eigenvalue weighted by atomic mass is 35.5. The van der Waals surface area contributed by atoms with E-state index in [1.165, 1.54) is 21.6 Å². The fraction of sp³-hybridized carbons (Fsp3) is 0.385. The van der Waals surface area contributed by atoms with E-state index in [1.807, 2.05) is 6.92 Å². The van der Waals surface area contributed by atoms with Crippen molar-refractivity contribution in [2.24, 2.45) is 0 Å². The van der Waals surface area contributed by atoms with E-state index in [2.05, 4.69) is 14.8 Å². The molecule has 0 amide bonds. The second-order valence-corrected chi connectivity index (χ2v) is 6.97. The second-order valence-electron chi connectivity index (χ2n) is 4.79. The summed E-state index contributed by atoms with van der Waals surface area (Å²) in [7, 11) is -2.03. The number of anilines is 1. The Labute approximate surface area is 135 Å². The summed E-state index contributed by atoms with van der Waals surface area (Å²) in [5.41, 5.74) is 1.03. The Morgan fingerprint density at radius 2 is 2.18 bits per heavy atom. The molecule has 0 fully saturated rings. The maximum absolute atomic E-state index is 12.2. The third kappa shape index (κ3) is 3.96. The first kappa shape index (κ1) is 16.7.